The van der Waals surface area contributed by atoms with Crippen molar-refractivity contribution in [3.05, 3.63) is 40.3 Å². The molecule has 0 atom stereocenters. The van der Waals surface area contributed by atoms with E-state index in [0.29, 0.717) is 16.5 Å². The summed E-state index contributed by atoms with van der Waals surface area (Å²) in [6, 6.07) is 7.05. The van der Waals surface area contributed by atoms with Crippen molar-refractivity contribution < 1.29 is 4.79 Å². The van der Waals surface area contributed by atoms with Crippen LogP contribution in [0.1, 0.15) is 5.69 Å². The third-order valence-corrected chi connectivity index (χ3v) is 2.52. The number of aryl methyl sites for hydroxylation is 1. The Balaban J connectivity index is 2.67. The number of fused-ring (bicyclic) bond motifs is 1. The maximum Gasteiger partial charge on any atom is 0.274 e. The molecule has 6 nitrogen and oxygen atoms in total. The lowest BCUT2D eigenvalue weighted by Gasteiger charge is -2.06. The van der Waals surface area contributed by atoms with E-state index in [9.17, 15) is 9.59 Å². The summed E-state index contributed by atoms with van der Waals surface area (Å²) in [5.41, 5.74) is 2.40. The van der Waals surface area contributed by atoms with Gasteiger partial charge in [-0.05, 0) is 6.07 Å². The molecule has 0 unspecified atom stereocenters. The van der Waals surface area contributed by atoms with Gasteiger partial charge >= 0.3 is 0 Å². The van der Waals surface area contributed by atoms with Gasteiger partial charge in [-0.25, -0.2) is 10.5 Å². The van der Waals surface area contributed by atoms with E-state index in [0.717, 1.165) is 0 Å². The van der Waals surface area contributed by atoms with Crippen LogP contribution in [0.4, 0.5) is 0 Å². The summed E-state index contributed by atoms with van der Waals surface area (Å²) in [5.74, 6) is 4.69. The fraction of sp³-hybridized carbons (Fsp3) is 0.182. The van der Waals surface area contributed by atoms with Gasteiger partial charge in [-0.1, -0.05) is 18.2 Å². The smallest absolute Gasteiger partial charge is 0.274 e. The Hall–Kier alpha value is -2.21. The molecule has 0 aliphatic rings. The first kappa shape index (κ1) is 11.3. The number of rotatable bonds is 2. The zero-order valence-corrected chi connectivity index (χ0v) is 9.30. The first-order valence-corrected chi connectivity index (χ1v) is 5.08. The summed E-state index contributed by atoms with van der Waals surface area (Å²) >= 11 is 0. The molecular formula is C11H12N4O2. The number of benzene rings is 1. The van der Waals surface area contributed by atoms with Crippen LogP contribution in [0, 0.1) is 0 Å². The highest BCUT2D eigenvalue weighted by atomic mass is 16.2. The van der Waals surface area contributed by atoms with E-state index in [-0.39, 0.29) is 17.9 Å². The number of hydrogen-bond donors (Lipinski definition) is 2. The van der Waals surface area contributed by atoms with E-state index in [4.69, 9.17) is 5.84 Å². The van der Waals surface area contributed by atoms with E-state index in [2.05, 4.69) is 5.10 Å². The molecule has 0 fully saturated rings. The summed E-state index contributed by atoms with van der Waals surface area (Å²) in [6.45, 7) is 0. The Kier molecular flexibility index (Phi) is 2.88. The first-order chi connectivity index (χ1) is 8.13. The highest BCUT2D eigenvalue weighted by molar-refractivity contribution is 5.88. The molecule has 0 saturated carbocycles. The highest BCUT2D eigenvalue weighted by Crippen LogP contribution is 2.13. The molecule has 88 valence electrons. The van der Waals surface area contributed by atoms with Gasteiger partial charge in [0.1, 0.15) is 0 Å². The van der Waals surface area contributed by atoms with Crippen LogP contribution < -0.4 is 16.8 Å². The number of carbonyl (C=O) groups excluding carboxylic acids is 1. The van der Waals surface area contributed by atoms with Gasteiger partial charge in [-0.2, -0.15) is 5.10 Å². The standard InChI is InChI=1S/C11H12N4O2/c1-15-11(17)8-5-3-2-4-7(8)9(14-15)6-10(16)13-12/h2-5H,6,12H2,1H3,(H,13,16). The zero-order valence-electron chi connectivity index (χ0n) is 9.30. The van der Waals surface area contributed by atoms with Gasteiger partial charge in [0.05, 0.1) is 17.5 Å². The Morgan fingerprint density at radius 1 is 1.41 bits per heavy atom. The Bertz CT molecular complexity index is 633. The van der Waals surface area contributed by atoms with Gasteiger partial charge < -0.3 is 0 Å². The summed E-state index contributed by atoms with van der Waals surface area (Å²) < 4.78 is 1.22. The third kappa shape index (κ3) is 2.02. The molecule has 0 aliphatic heterocycles. The predicted octanol–water partition coefficient (Wildman–Crippen LogP) is -0.534. The number of amides is 1. The van der Waals surface area contributed by atoms with Gasteiger partial charge in [0, 0.05) is 12.4 Å². The monoisotopic (exact) mass is 232 g/mol. The molecule has 1 aromatic heterocycles. The van der Waals surface area contributed by atoms with Crippen molar-refractivity contribution in [2.75, 3.05) is 0 Å². The number of nitrogens with two attached hydrogens (primary N) is 1. The molecule has 2 rings (SSSR count). The summed E-state index contributed by atoms with van der Waals surface area (Å²) in [6.07, 6.45) is 0.0468. The van der Waals surface area contributed by atoms with Gasteiger partial charge in [0.2, 0.25) is 5.91 Å². The number of hydrazine groups is 1. The van der Waals surface area contributed by atoms with Crippen molar-refractivity contribution in [1.29, 1.82) is 0 Å². The fourth-order valence-electron chi connectivity index (χ4n) is 1.71. The van der Waals surface area contributed by atoms with Crippen LogP contribution in [-0.4, -0.2) is 15.7 Å². The lowest BCUT2D eigenvalue weighted by molar-refractivity contribution is -0.120. The molecule has 0 aliphatic carbocycles. The minimum atomic E-state index is -0.346. The molecule has 1 heterocycles. The van der Waals surface area contributed by atoms with Crippen LogP contribution in [-0.2, 0) is 18.3 Å². The quantitative estimate of drug-likeness (QED) is 0.413. The first-order valence-electron chi connectivity index (χ1n) is 5.08. The molecule has 1 amide bonds. The van der Waals surface area contributed by atoms with Crippen molar-refractivity contribution in [1.82, 2.24) is 15.2 Å². The van der Waals surface area contributed by atoms with Crippen LogP contribution in [0.3, 0.4) is 0 Å². The van der Waals surface area contributed by atoms with Crippen molar-refractivity contribution in [2.45, 2.75) is 6.42 Å². The molecule has 3 N–H and O–H groups in total. The molecule has 2 aromatic rings. The Morgan fingerprint density at radius 2 is 2.06 bits per heavy atom. The van der Waals surface area contributed by atoms with Crippen molar-refractivity contribution in [3.63, 3.8) is 0 Å². The van der Waals surface area contributed by atoms with Crippen LogP contribution in [0.25, 0.3) is 10.8 Å². The summed E-state index contributed by atoms with van der Waals surface area (Å²) in [7, 11) is 1.55. The topological polar surface area (TPSA) is 90.0 Å². The molecular weight excluding hydrogens is 220 g/mol. The Labute approximate surface area is 97.0 Å². The SMILES string of the molecule is Cn1nc(CC(=O)NN)c2ccccc2c1=O. The Morgan fingerprint density at radius 3 is 2.71 bits per heavy atom. The number of nitrogens with one attached hydrogen (secondary N) is 1. The van der Waals surface area contributed by atoms with Gasteiger partial charge in [0.25, 0.3) is 5.56 Å². The second-order valence-corrected chi connectivity index (χ2v) is 3.67. The van der Waals surface area contributed by atoms with Crippen LogP contribution in [0.15, 0.2) is 29.1 Å². The average molecular weight is 232 g/mol. The van der Waals surface area contributed by atoms with Crippen molar-refractivity contribution in [2.24, 2.45) is 12.9 Å². The minimum Gasteiger partial charge on any atom is -0.294 e. The van der Waals surface area contributed by atoms with Crippen molar-refractivity contribution in [3.8, 4) is 0 Å². The van der Waals surface area contributed by atoms with E-state index < -0.39 is 0 Å². The molecule has 17 heavy (non-hydrogen) atoms. The van der Waals surface area contributed by atoms with E-state index in [1.165, 1.54) is 4.68 Å². The molecule has 6 heteroatoms. The number of hydrogen-bond acceptors (Lipinski definition) is 4. The second-order valence-electron chi connectivity index (χ2n) is 3.67. The maximum atomic E-state index is 11.8. The molecule has 1 aromatic carbocycles. The van der Waals surface area contributed by atoms with E-state index >= 15 is 0 Å². The highest BCUT2D eigenvalue weighted by Gasteiger charge is 2.11. The molecule has 0 radical (unpaired) electrons. The van der Waals surface area contributed by atoms with E-state index in [1.807, 2.05) is 5.43 Å². The number of carbonyl (C=O) groups is 1. The third-order valence-electron chi connectivity index (χ3n) is 2.52. The maximum absolute atomic E-state index is 11.8. The number of aromatic nitrogens is 2. The number of nitrogens with zero attached hydrogens (tertiary/aromatic N) is 2. The van der Waals surface area contributed by atoms with Gasteiger partial charge in [0.15, 0.2) is 0 Å². The van der Waals surface area contributed by atoms with Crippen LogP contribution in [0.5, 0.6) is 0 Å². The molecule has 0 spiro atoms. The lowest BCUT2D eigenvalue weighted by Crippen LogP contribution is -2.32. The summed E-state index contributed by atoms with van der Waals surface area (Å²) in [4.78, 5) is 23.1. The van der Waals surface area contributed by atoms with E-state index in [1.54, 1.807) is 31.3 Å². The molecule has 0 saturated heterocycles. The average Bonchev–Trinajstić information content (AvgIpc) is 2.35. The second kappa shape index (κ2) is 4.34. The minimum absolute atomic E-state index is 0.0468. The normalized spacial score (nSPS) is 10.5. The molecule has 0 bridgehead atoms. The van der Waals surface area contributed by atoms with Gasteiger partial charge in [-0.3, -0.25) is 15.0 Å². The largest absolute Gasteiger partial charge is 0.294 e. The van der Waals surface area contributed by atoms with Crippen LogP contribution >= 0.6 is 0 Å². The lowest BCUT2D eigenvalue weighted by atomic mass is 10.1. The van der Waals surface area contributed by atoms with Crippen molar-refractivity contribution >= 4 is 16.7 Å². The zero-order chi connectivity index (χ0) is 12.4. The fourth-order valence-corrected chi connectivity index (χ4v) is 1.71. The van der Waals surface area contributed by atoms with Gasteiger partial charge in [-0.15, -0.1) is 0 Å². The summed E-state index contributed by atoms with van der Waals surface area (Å²) in [5, 5.41) is 5.30. The predicted molar refractivity (Wildman–Crippen MR) is 63.0 cm³/mol. The van der Waals surface area contributed by atoms with Crippen LogP contribution in [0.2, 0.25) is 0 Å².